The topological polar surface area (TPSA) is 109 Å². The molecule has 0 radical (unpaired) electrons. The minimum atomic E-state index is -0.336. The van der Waals surface area contributed by atoms with Gasteiger partial charge < -0.3 is 20.5 Å². The van der Waals surface area contributed by atoms with Crippen molar-refractivity contribution in [2.24, 2.45) is 0 Å². The fourth-order valence-corrected chi connectivity index (χ4v) is 2.69. The van der Waals surface area contributed by atoms with E-state index in [2.05, 4.69) is 26.1 Å². The standard InChI is InChI=1S/C20H20ClN5O3/c1-12(2)23-20(28)24-16-8-4-6-14(10-16)19(27)22-11-17-25-18(26-29-17)13-5-3-7-15(21)9-13/h3-10,12H,11H2,1-2H3,(H,22,27)(H2,23,24,28). The third kappa shape index (κ3) is 5.79. The van der Waals surface area contributed by atoms with Crippen LogP contribution in [0.2, 0.25) is 5.02 Å². The van der Waals surface area contributed by atoms with Crippen molar-refractivity contribution in [3.05, 3.63) is 65.0 Å². The zero-order valence-electron chi connectivity index (χ0n) is 15.9. The van der Waals surface area contributed by atoms with Crippen LogP contribution >= 0.6 is 11.6 Å². The molecule has 0 aliphatic heterocycles. The van der Waals surface area contributed by atoms with E-state index >= 15 is 0 Å². The Bertz CT molecular complexity index is 1020. The van der Waals surface area contributed by atoms with Gasteiger partial charge in [-0.25, -0.2) is 4.79 Å². The van der Waals surface area contributed by atoms with Crippen LogP contribution in [-0.2, 0) is 6.54 Å². The second kappa shape index (κ2) is 9.20. The fraction of sp³-hybridized carbons (Fsp3) is 0.200. The zero-order valence-corrected chi connectivity index (χ0v) is 16.7. The van der Waals surface area contributed by atoms with Gasteiger partial charge in [-0.15, -0.1) is 0 Å². The highest BCUT2D eigenvalue weighted by molar-refractivity contribution is 6.30. The molecule has 29 heavy (non-hydrogen) atoms. The highest BCUT2D eigenvalue weighted by Crippen LogP contribution is 2.20. The Morgan fingerprint density at radius 1 is 1.14 bits per heavy atom. The summed E-state index contributed by atoms with van der Waals surface area (Å²) in [6.45, 7) is 3.79. The first-order valence-corrected chi connectivity index (χ1v) is 9.33. The average Bonchev–Trinajstić information content (AvgIpc) is 3.15. The molecule has 0 saturated heterocycles. The normalized spacial score (nSPS) is 10.6. The van der Waals surface area contributed by atoms with Gasteiger partial charge in [-0.05, 0) is 44.2 Å². The van der Waals surface area contributed by atoms with Crippen molar-refractivity contribution >= 4 is 29.2 Å². The number of hydrogen-bond donors (Lipinski definition) is 3. The molecule has 0 atom stereocenters. The van der Waals surface area contributed by atoms with Gasteiger partial charge in [0.2, 0.25) is 11.7 Å². The molecular formula is C20H20ClN5O3. The predicted octanol–water partition coefficient (Wildman–Crippen LogP) is 3.85. The van der Waals surface area contributed by atoms with Gasteiger partial charge in [-0.2, -0.15) is 4.98 Å². The van der Waals surface area contributed by atoms with Crippen LogP contribution in [0.3, 0.4) is 0 Å². The van der Waals surface area contributed by atoms with Gasteiger partial charge in [0.25, 0.3) is 5.91 Å². The number of urea groups is 1. The molecule has 8 nitrogen and oxygen atoms in total. The van der Waals surface area contributed by atoms with E-state index in [9.17, 15) is 9.59 Å². The second-order valence-corrected chi connectivity index (χ2v) is 6.98. The Kier molecular flexibility index (Phi) is 6.46. The molecule has 3 N–H and O–H groups in total. The summed E-state index contributed by atoms with van der Waals surface area (Å²) >= 11 is 5.97. The van der Waals surface area contributed by atoms with E-state index in [0.717, 1.165) is 5.56 Å². The van der Waals surface area contributed by atoms with Crippen LogP contribution in [0, 0.1) is 0 Å². The number of halogens is 1. The van der Waals surface area contributed by atoms with E-state index in [1.54, 1.807) is 42.5 Å². The van der Waals surface area contributed by atoms with E-state index in [4.69, 9.17) is 16.1 Å². The van der Waals surface area contributed by atoms with E-state index < -0.39 is 0 Å². The highest BCUT2D eigenvalue weighted by Gasteiger charge is 2.12. The van der Waals surface area contributed by atoms with E-state index in [-0.39, 0.29) is 30.4 Å². The molecule has 0 fully saturated rings. The third-order valence-corrected chi connectivity index (χ3v) is 3.99. The zero-order chi connectivity index (χ0) is 20.8. The van der Waals surface area contributed by atoms with E-state index in [1.807, 2.05) is 19.9 Å². The lowest BCUT2D eigenvalue weighted by molar-refractivity contribution is 0.0946. The number of carbonyl (C=O) groups is 2. The predicted molar refractivity (Wildman–Crippen MR) is 110 cm³/mol. The number of nitrogens with zero attached hydrogens (tertiary/aromatic N) is 2. The maximum absolute atomic E-state index is 12.4. The summed E-state index contributed by atoms with van der Waals surface area (Å²) < 4.78 is 5.17. The number of aromatic nitrogens is 2. The number of rotatable bonds is 6. The summed E-state index contributed by atoms with van der Waals surface area (Å²) in [7, 11) is 0. The molecule has 3 aromatic rings. The van der Waals surface area contributed by atoms with E-state index in [1.165, 1.54) is 0 Å². The van der Waals surface area contributed by atoms with Crippen LogP contribution < -0.4 is 16.0 Å². The van der Waals surface area contributed by atoms with Gasteiger partial charge in [0.05, 0.1) is 6.54 Å². The van der Waals surface area contributed by atoms with Gasteiger partial charge in [0.15, 0.2) is 0 Å². The summed E-state index contributed by atoms with van der Waals surface area (Å²) in [6.07, 6.45) is 0. The first kappa shape index (κ1) is 20.3. The molecule has 0 unspecified atom stereocenters. The summed E-state index contributed by atoms with van der Waals surface area (Å²) in [5.74, 6) is 0.318. The molecule has 1 heterocycles. The lowest BCUT2D eigenvalue weighted by atomic mass is 10.2. The van der Waals surface area contributed by atoms with Crippen LogP contribution in [0.5, 0.6) is 0 Å². The largest absolute Gasteiger partial charge is 0.343 e. The molecule has 150 valence electrons. The Labute approximate surface area is 172 Å². The van der Waals surface area contributed by atoms with Gasteiger partial charge in [-0.1, -0.05) is 35.0 Å². The molecule has 2 aromatic carbocycles. The van der Waals surface area contributed by atoms with Crippen molar-refractivity contribution in [3.8, 4) is 11.4 Å². The number of amides is 3. The highest BCUT2D eigenvalue weighted by atomic mass is 35.5. The van der Waals surface area contributed by atoms with Gasteiger partial charge >= 0.3 is 6.03 Å². The molecular weight excluding hydrogens is 394 g/mol. The number of hydrogen-bond acceptors (Lipinski definition) is 5. The molecule has 0 aliphatic carbocycles. The minimum absolute atomic E-state index is 0.00712. The Morgan fingerprint density at radius 3 is 2.69 bits per heavy atom. The molecule has 9 heteroatoms. The molecule has 0 bridgehead atoms. The van der Waals surface area contributed by atoms with Crippen molar-refractivity contribution in [2.75, 3.05) is 5.32 Å². The van der Waals surface area contributed by atoms with Gasteiger partial charge in [-0.3, -0.25) is 4.79 Å². The Morgan fingerprint density at radius 2 is 1.93 bits per heavy atom. The Balaban J connectivity index is 1.60. The van der Waals surface area contributed by atoms with Crippen molar-refractivity contribution in [2.45, 2.75) is 26.4 Å². The Hall–Kier alpha value is -3.39. The molecule has 3 amide bonds. The number of benzene rings is 2. The van der Waals surface area contributed by atoms with Crippen LogP contribution in [-0.4, -0.2) is 28.1 Å². The lowest BCUT2D eigenvalue weighted by Crippen LogP contribution is -2.34. The van der Waals surface area contributed by atoms with Crippen LogP contribution in [0.25, 0.3) is 11.4 Å². The van der Waals surface area contributed by atoms with Crippen molar-refractivity contribution in [3.63, 3.8) is 0 Å². The van der Waals surface area contributed by atoms with Crippen molar-refractivity contribution in [1.29, 1.82) is 0 Å². The second-order valence-electron chi connectivity index (χ2n) is 6.54. The van der Waals surface area contributed by atoms with Gasteiger partial charge in [0, 0.05) is 27.9 Å². The van der Waals surface area contributed by atoms with Crippen molar-refractivity contribution < 1.29 is 14.1 Å². The summed E-state index contributed by atoms with van der Waals surface area (Å²) in [5.41, 5.74) is 1.62. The quantitative estimate of drug-likeness (QED) is 0.568. The summed E-state index contributed by atoms with van der Waals surface area (Å²) in [5, 5.41) is 12.6. The first-order valence-electron chi connectivity index (χ1n) is 8.95. The maximum atomic E-state index is 12.4. The van der Waals surface area contributed by atoms with Crippen LogP contribution in [0.4, 0.5) is 10.5 Å². The number of nitrogens with one attached hydrogen (secondary N) is 3. The average molecular weight is 414 g/mol. The smallest absolute Gasteiger partial charge is 0.319 e. The lowest BCUT2D eigenvalue weighted by Gasteiger charge is -2.11. The number of carbonyl (C=O) groups excluding carboxylic acids is 2. The van der Waals surface area contributed by atoms with E-state index in [0.29, 0.717) is 22.1 Å². The molecule has 0 saturated carbocycles. The molecule has 3 rings (SSSR count). The van der Waals surface area contributed by atoms with Gasteiger partial charge in [0.1, 0.15) is 0 Å². The summed E-state index contributed by atoms with van der Waals surface area (Å²) in [4.78, 5) is 28.5. The molecule has 1 aromatic heterocycles. The van der Waals surface area contributed by atoms with Crippen LogP contribution in [0.15, 0.2) is 53.1 Å². The first-order chi connectivity index (χ1) is 13.9. The fourth-order valence-electron chi connectivity index (χ4n) is 2.50. The van der Waals surface area contributed by atoms with Crippen molar-refractivity contribution in [1.82, 2.24) is 20.8 Å². The summed E-state index contributed by atoms with van der Waals surface area (Å²) in [6, 6.07) is 13.4. The van der Waals surface area contributed by atoms with Crippen LogP contribution in [0.1, 0.15) is 30.1 Å². The molecule has 0 spiro atoms. The SMILES string of the molecule is CC(C)NC(=O)Nc1cccc(C(=O)NCc2nc(-c3cccc(Cl)c3)no2)c1. The monoisotopic (exact) mass is 413 g/mol. The minimum Gasteiger partial charge on any atom is -0.343 e. The molecule has 0 aliphatic rings. The maximum Gasteiger partial charge on any atom is 0.319 e. The third-order valence-electron chi connectivity index (χ3n) is 3.75. The number of anilines is 1.